The predicted octanol–water partition coefficient (Wildman–Crippen LogP) is 5.55. The number of fused-ring (bicyclic) bond motifs is 5. The molecule has 0 fully saturated rings. The second-order valence-electron chi connectivity index (χ2n) is 10.8. The lowest BCUT2D eigenvalue weighted by Gasteiger charge is -2.19. The molecule has 2 aliphatic rings. The number of methoxy groups -OCH3 is 1. The van der Waals surface area contributed by atoms with Crippen LogP contribution in [-0.4, -0.2) is 38.7 Å². The lowest BCUT2D eigenvalue weighted by Crippen LogP contribution is -2.40. The predicted molar refractivity (Wildman–Crippen MR) is 144 cm³/mol. The maximum absolute atomic E-state index is 11.7. The Labute approximate surface area is 223 Å². The minimum absolute atomic E-state index is 0.277. The summed E-state index contributed by atoms with van der Waals surface area (Å²) in [7, 11) is 1.68. The summed E-state index contributed by atoms with van der Waals surface area (Å²) >= 11 is 0. The Morgan fingerprint density at radius 2 is 1.84 bits per heavy atom. The average Bonchev–Trinajstić information content (AvgIpc) is 3.34. The molecule has 0 spiro atoms. The van der Waals surface area contributed by atoms with Crippen LogP contribution in [0.3, 0.4) is 0 Å². The van der Waals surface area contributed by atoms with Gasteiger partial charge in [0.1, 0.15) is 5.60 Å². The lowest BCUT2D eigenvalue weighted by molar-refractivity contribution is -0.686. The molecule has 0 aliphatic carbocycles. The van der Waals surface area contributed by atoms with Crippen molar-refractivity contribution in [3.05, 3.63) is 42.1 Å². The van der Waals surface area contributed by atoms with Gasteiger partial charge in [0.25, 0.3) is 0 Å². The molecule has 0 radical (unpaired) electrons. The number of nitrogens with one attached hydrogen (secondary N) is 1. The van der Waals surface area contributed by atoms with Gasteiger partial charge < -0.3 is 29.0 Å². The third-order valence-electron chi connectivity index (χ3n) is 6.78. The van der Waals surface area contributed by atoms with Crippen molar-refractivity contribution in [3.63, 3.8) is 0 Å². The van der Waals surface area contributed by atoms with Crippen molar-refractivity contribution < 1.29 is 33.0 Å². The molecular formula is C30H37N2O6+. The maximum atomic E-state index is 11.7. The SMILES string of the molecule is COc1ccc2cc3[n+](cc2c1OCCCCCCNC(=O)OC(C)(C)C)CCc1cc2c(cc1-3)OCO2. The zero-order valence-corrected chi connectivity index (χ0v) is 22.7. The van der Waals surface area contributed by atoms with Crippen molar-refractivity contribution in [2.24, 2.45) is 0 Å². The largest absolute Gasteiger partial charge is 0.493 e. The Hall–Kier alpha value is -3.68. The van der Waals surface area contributed by atoms with E-state index in [4.69, 9.17) is 23.7 Å². The Bertz CT molecular complexity index is 1330. The van der Waals surface area contributed by atoms with Crippen LogP contribution in [0.5, 0.6) is 23.0 Å². The average molecular weight is 522 g/mol. The standard InChI is InChI=1S/C30H36N2O6/c1-30(2,3)38-29(33)31-12-7-5-6-8-14-35-28-23-18-32-13-11-21-16-26-27(37-19-36-26)17-22(21)24(32)15-20(23)9-10-25(28)34-4/h9-10,15-18H,5-8,11-14,19H2,1-4H3/p+1. The van der Waals surface area contributed by atoms with Gasteiger partial charge in [-0.25, -0.2) is 4.79 Å². The highest BCUT2D eigenvalue weighted by molar-refractivity contribution is 5.91. The van der Waals surface area contributed by atoms with Crippen LogP contribution < -0.4 is 28.8 Å². The highest BCUT2D eigenvalue weighted by Crippen LogP contribution is 2.41. The summed E-state index contributed by atoms with van der Waals surface area (Å²) in [4.78, 5) is 11.7. The Morgan fingerprint density at radius 3 is 2.63 bits per heavy atom. The van der Waals surface area contributed by atoms with Crippen molar-refractivity contribution in [3.8, 4) is 34.3 Å². The summed E-state index contributed by atoms with van der Waals surface area (Å²) in [5, 5.41) is 4.95. The number of carbonyl (C=O) groups is 1. The summed E-state index contributed by atoms with van der Waals surface area (Å²) in [5.41, 5.74) is 3.14. The zero-order valence-electron chi connectivity index (χ0n) is 22.7. The minimum atomic E-state index is -0.475. The lowest BCUT2D eigenvalue weighted by atomic mass is 9.95. The fourth-order valence-electron chi connectivity index (χ4n) is 4.97. The van der Waals surface area contributed by atoms with Gasteiger partial charge in [-0.2, -0.15) is 4.57 Å². The van der Waals surface area contributed by atoms with Crippen molar-refractivity contribution in [1.29, 1.82) is 0 Å². The molecule has 1 N–H and O–H groups in total. The van der Waals surface area contributed by atoms with E-state index >= 15 is 0 Å². The van der Waals surface area contributed by atoms with Crippen LogP contribution in [0.15, 0.2) is 36.5 Å². The molecule has 0 unspecified atom stereocenters. The van der Waals surface area contributed by atoms with Crippen LogP contribution >= 0.6 is 0 Å². The normalized spacial score (nSPS) is 13.6. The van der Waals surface area contributed by atoms with E-state index in [-0.39, 0.29) is 12.9 Å². The van der Waals surface area contributed by atoms with E-state index in [0.717, 1.165) is 78.1 Å². The fourth-order valence-corrected chi connectivity index (χ4v) is 4.97. The Morgan fingerprint density at radius 1 is 1.05 bits per heavy atom. The molecule has 2 aliphatic heterocycles. The van der Waals surface area contributed by atoms with Gasteiger partial charge in [0.05, 0.1) is 24.7 Å². The molecule has 3 heterocycles. The minimum Gasteiger partial charge on any atom is -0.493 e. The van der Waals surface area contributed by atoms with Crippen molar-refractivity contribution in [2.45, 2.75) is 65.0 Å². The molecule has 0 saturated heterocycles. The Kier molecular flexibility index (Phi) is 7.49. The quantitative estimate of drug-likeness (QED) is 0.294. The van der Waals surface area contributed by atoms with Crippen LogP contribution in [0.1, 0.15) is 52.0 Å². The molecule has 0 bridgehead atoms. The van der Waals surface area contributed by atoms with E-state index in [1.54, 1.807) is 7.11 Å². The fraction of sp³-hybridized carbons (Fsp3) is 0.467. The second kappa shape index (κ2) is 11.0. The summed E-state index contributed by atoms with van der Waals surface area (Å²) < 4.78 is 30.7. The van der Waals surface area contributed by atoms with E-state index < -0.39 is 5.60 Å². The third kappa shape index (κ3) is 5.74. The van der Waals surface area contributed by atoms with Gasteiger partial charge in [0, 0.05) is 19.0 Å². The summed E-state index contributed by atoms with van der Waals surface area (Å²) in [6.45, 7) is 7.95. The van der Waals surface area contributed by atoms with Crippen molar-refractivity contribution >= 4 is 16.9 Å². The number of alkyl carbamates (subject to hydrolysis) is 1. The smallest absolute Gasteiger partial charge is 0.407 e. The number of unbranched alkanes of at least 4 members (excludes halogenated alkanes) is 3. The number of aromatic nitrogens is 1. The number of carbonyl (C=O) groups excluding carboxylic acids is 1. The second-order valence-corrected chi connectivity index (χ2v) is 10.8. The number of amides is 1. The molecule has 2 aromatic carbocycles. The summed E-state index contributed by atoms with van der Waals surface area (Å²) in [6.07, 6.45) is 6.59. The van der Waals surface area contributed by atoms with Gasteiger partial charge >= 0.3 is 6.09 Å². The first kappa shape index (κ1) is 25.9. The number of nitrogens with zero attached hydrogens (tertiary/aromatic N) is 1. The molecule has 0 atom stereocenters. The van der Waals surface area contributed by atoms with Crippen LogP contribution in [0.25, 0.3) is 22.0 Å². The van der Waals surface area contributed by atoms with Gasteiger partial charge in [-0.15, -0.1) is 0 Å². The molecule has 38 heavy (non-hydrogen) atoms. The first-order valence-electron chi connectivity index (χ1n) is 13.4. The highest BCUT2D eigenvalue weighted by Gasteiger charge is 2.28. The van der Waals surface area contributed by atoms with Crippen LogP contribution in [0.4, 0.5) is 4.79 Å². The number of hydrogen-bond donors (Lipinski definition) is 1. The van der Waals surface area contributed by atoms with E-state index in [1.807, 2.05) is 26.8 Å². The van der Waals surface area contributed by atoms with E-state index in [9.17, 15) is 4.79 Å². The zero-order chi connectivity index (χ0) is 26.7. The van der Waals surface area contributed by atoms with E-state index in [0.29, 0.717) is 13.2 Å². The van der Waals surface area contributed by atoms with Crippen LogP contribution in [0, 0.1) is 0 Å². The summed E-state index contributed by atoms with van der Waals surface area (Å²) in [6, 6.07) is 10.5. The molecule has 202 valence electrons. The molecule has 0 saturated carbocycles. The molecule has 1 amide bonds. The van der Waals surface area contributed by atoms with Gasteiger partial charge in [0.2, 0.25) is 12.5 Å². The number of rotatable bonds is 9. The number of aryl methyl sites for hydroxylation is 2. The number of hydrogen-bond acceptors (Lipinski definition) is 6. The van der Waals surface area contributed by atoms with Crippen LogP contribution in [-0.2, 0) is 17.7 Å². The van der Waals surface area contributed by atoms with Gasteiger partial charge in [-0.1, -0.05) is 12.8 Å². The number of benzene rings is 2. The van der Waals surface area contributed by atoms with Gasteiger partial charge in [-0.3, -0.25) is 0 Å². The number of pyridine rings is 1. The van der Waals surface area contributed by atoms with E-state index in [2.05, 4.69) is 40.3 Å². The Balaban J connectivity index is 1.22. The monoisotopic (exact) mass is 521 g/mol. The van der Waals surface area contributed by atoms with E-state index in [1.165, 1.54) is 11.1 Å². The third-order valence-corrected chi connectivity index (χ3v) is 6.78. The van der Waals surface area contributed by atoms with Gasteiger partial charge in [-0.05, 0) is 68.8 Å². The molecule has 8 heteroatoms. The topological polar surface area (TPSA) is 79.1 Å². The van der Waals surface area contributed by atoms with Crippen LogP contribution in [0.2, 0.25) is 0 Å². The van der Waals surface area contributed by atoms with Gasteiger partial charge in [0.15, 0.2) is 35.7 Å². The highest BCUT2D eigenvalue weighted by atomic mass is 16.7. The molecule has 8 nitrogen and oxygen atoms in total. The van der Waals surface area contributed by atoms with Crippen molar-refractivity contribution in [1.82, 2.24) is 5.32 Å². The number of ether oxygens (including phenoxy) is 5. The molecule has 1 aromatic heterocycles. The maximum Gasteiger partial charge on any atom is 0.407 e. The molecule has 5 rings (SSSR count). The van der Waals surface area contributed by atoms with Crippen molar-refractivity contribution in [2.75, 3.05) is 27.1 Å². The first-order chi connectivity index (χ1) is 18.3. The first-order valence-corrected chi connectivity index (χ1v) is 13.4. The molecule has 3 aromatic rings. The summed E-state index contributed by atoms with van der Waals surface area (Å²) in [5.74, 6) is 3.15. The molecular weight excluding hydrogens is 484 g/mol.